The molecule has 1 aromatic heterocycles. The molecule has 3 nitrogen and oxygen atoms in total. The fourth-order valence-electron chi connectivity index (χ4n) is 1.07. The van der Waals surface area contributed by atoms with Crippen LogP contribution in [0.3, 0.4) is 0 Å². The van der Waals surface area contributed by atoms with Gasteiger partial charge in [0.25, 0.3) is 0 Å². The van der Waals surface area contributed by atoms with Crippen LogP contribution in [0.1, 0.15) is 19.8 Å². The second-order valence-electron chi connectivity index (χ2n) is 2.95. The average Bonchev–Trinajstić information content (AvgIpc) is 2.25. The lowest BCUT2D eigenvalue weighted by atomic mass is 10.3. The zero-order chi connectivity index (χ0) is 10.1. The van der Waals surface area contributed by atoms with Crippen molar-refractivity contribution in [1.29, 1.82) is 0 Å². The molecule has 0 aromatic carbocycles. The molecule has 0 spiro atoms. The summed E-state index contributed by atoms with van der Waals surface area (Å²) in [7, 11) is 0. The van der Waals surface area contributed by atoms with Crippen LogP contribution in [0.15, 0.2) is 23.6 Å². The van der Waals surface area contributed by atoms with Gasteiger partial charge >= 0.3 is 0 Å². The van der Waals surface area contributed by atoms with Gasteiger partial charge in [-0.2, -0.15) is 0 Å². The largest absolute Gasteiger partial charge is 0.317 e. The van der Waals surface area contributed by atoms with E-state index >= 15 is 0 Å². The first-order valence-corrected chi connectivity index (χ1v) is 6.01. The van der Waals surface area contributed by atoms with E-state index in [9.17, 15) is 0 Å². The van der Waals surface area contributed by atoms with Crippen molar-refractivity contribution in [3.8, 4) is 0 Å². The van der Waals surface area contributed by atoms with Crippen molar-refractivity contribution in [3.63, 3.8) is 0 Å². The van der Waals surface area contributed by atoms with Gasteiger partial charge in [-0.05, 0) is 31.7 Å². The Morgan fingerprint density at radius 2 is 2.29 bits per heavy atom. The monoisotopic (exact) mass is 211 g/mol. The molecule has 78 valence electrons. The molecular weight excluding hydrogens is 194 g/mol. The van der Waals surface area contributed by atoms with Crippen LogP contribution in [0.5, 0.6) is 0 Å². The Bertz CT molecular complexity index is 228. The highest BCUT2D eigenvalue weighted by Crippen LogP contribution is 2.14. The zero-order valence-electron chi connectivity index (χ0n) is 8.57. The minimum Gasteiger partial charge on any atom is -0.317 e. The number of nitrogens with one attached hydrogen (secondary N) is 1. The summed E-state index contributed by atoms with van der Waals surface area (Å²) >= 11 is 1.78. The number of thioether (sulfide) groups is 1. The summed E-state index contributed by atoms with van der Waals surface area (Å²) in [6, 6.07) is 0. The Balaban J connectivity index is 1.99. The van der Waals surface area contributed by atoms with Crippen LogP contribution >= 0.6 is 11.8 Å². The molecule has 0 unspecified atom stereocenters. The summed E-state index contributed by atoms with van der Waals surface area (Å²) in [6.07, 6.45) is 7.72. The standard InChI is InChI=1S/C10H17N3S/c1-2-11-5-3-4-8-14-10-9-12-6-7-13-10/h6-7,9,11H,2-5,8H2,1H3. The van der Waals surface area contributed by atoms with Crippen LogP contribution in [0, 0.1) is 0 Å². The molecule has 0 amide bonds. The minimum atomic E-state index is 1.02. The summed E-state index contributed by atoms with van der Waals surface area (Å²) in [5.41, 5.74) is 0. The van der Waals surface area contributed by atoms with E-state index in [0.717, 1.165) is 23.9 Å². The van der Waals surface area contributed by atoms with Gasteiger partial charge < -0.3 is 5.32 Å². The molecular formula is C10H17N3S. The van der Waals surface area contributed by atoms with Gasteiger partial charge in [-0.15, -0.1) is 11.8 Å². The van der Waals surface area contributed by atoms with E-state index in [4.69, 9.17) is 0 Å². The summed E-state index contributed by atoms with van der Waals surface area (Å²) < 4.78 is 0. The van der Waals surface area contributed by atoms with Crippen molar-refractivity contribution in [3.05, 3.63) is 18.6 Å². The fraction of sp³-hybridized carbons (Fsp3) is 0.600. The maximum Gasteiger partial charge on any atom is 0.114 e. The van der Waals surface area contributed by atoms with Gasteiger partial charge in [0.2, 0.25) is 0 Å². The normalized spacial score (nSPS) is 10.4. The van der Waals surface area contributed by atoms with Crippen molar-refractivity contribution in [2.75, 3.05) is 18.8 Å². The Kier molecular flexibility index (Phi) is 6.36. The second-order valence-corrected chi connectivity index (χ2v) is 4.07. The third-order valence-corrected chi connectivity index (χ3v) is 2.79. The lowest BCUT2D eigenvalue weighted by Gasteiger charge is -2.01. The average molecular weight is 211 g/mol. The molecule has 1 N–H and O–H groups in total. The molecule has 0 bridgehead atoms. The first kappa shape index (κ1) is 11.5. The molecule has 1 aromatic rings. The van der Waals surface area contributed by atoms with Crippen LogP contribution in [-0.4, -0.2) is 28.8 Å². The highest BCUT2D eigenvalue weighted by molar-refractivity contribution is 7.99. The lowest BCUT2D eigenvalue weighted by Crippen LogP contribution is -2.13. The van der Waals surface area contributed by atoms with Crippen molar-refractivity contribution in [2.24, 2.45) is 0 Å². The van der Waals surface area contributed by atoms with Crippen LogP contribution < -0.4 is 5.32 Å². The van der Waals surface area contributed by atoms with Gasteiger partial charge in [0.15, 0.2) is 0 Å². The zero-order valence-corrected chi connectivity index (χ0v) is 9.39. The van der Waals surface area contributed by atoms with Gasteiger partial charge in [-0.25, -0.2) is 4.98 Å². The van der Waals surface area contributed by atoms with E-state index < -0.39 is 0 Å². The van der Waals surface area contributed by atoms with Crippen LogP contribution in [0.2, 0.25) is 0 Å². The number of aromatic nitrogens is 2. The molecule has 1 heterocycles. The molecule has 0 saturated carbocycles. The number of hydrogen-bond acceptors (Lipinski definition) is 4. The molecule has 0 radical (unpaired) electrons. The quantitative estimate of drug-likeness (QED) is 0.552. The maximum atomic E-state index is 4.20. The molecule has 0 fully saturated rings. The predicted molar refractivity (Wildman–Crippen MR) is 60.5 cm³/mol. The first-order valence-electron chi connectivity index (χ1n) is 5.03. The highest BCUT2D eigenvalue weighted by atomic mass is 32.2. The van der Waals surface area contributed by atoms with E-state index in [1.54, 1.807) is 24.2 Å². The third-order valence-electron chi connectivity index (χ3n) is 1.79. The number of nitrogens with zero attached hydrogens (tertiary/aromatic N) is 2. The van der Waals surface area contributed by atoms with E-state index in [1.807, 2.05) is 6.20 Å². The summed E-state index contributed by atoms with van der Waals surface area (Å²) in [6.45, 7) is 4.32. The van der Waals surface area contributed by atoms with Crippen LogP contribution in [0.25, 0.3) is 0 Å². The van der Waals surface area contributed by atoms with Gasteiger partial charge in [0, 0.05) is 12.4 Å². The van der Waals surface area contributed by atoms with Crippen LogP contribution in [-0.2, 0) is 0 Å². The molecule has 4 heteroatoms. The smallest absolute Gasteiger partial charge is 0.114 e. The summed E-state index contributed by atoms with van der Waals surface area (Å²) in [5.74, 6) is 1.13. The topological polar surface area (TPSA) is 37.8 Å². The Morgan fingerprint density at radius 3 is 3.00 bits per heavy atom. The SMILES string of the molecule is CCNCCCCSc1cnccn1. The lowest BCUT2D eigenvalue weighted by molar-refractivity contribution is 0.666. The number of rotatable bonds is 7. The minimum absolute atomic E-state index is 1.02. The van der Waals surface area contributed by atoms with Crippen molar-refractivity contribution >= 4 is 11.8 Å². The molecule has 0 saturated heterocycles. The van der Waals surface area contributed by atoms with Crippen molar-refractivity contribution in [2.45, 2.75) is 24.8 Å². The summed E-state index contributed by atoms with van der Waals surface area (Å²) in [4.78, 5) is 8.21. The molecule has 14 heavy (non-hydrogen) atoms. The highest BCUT2D eigenvalue weighted by Gasteiger charge is 1.94. The third kappa shape index (κ3) is 5.19. The maximum absolute atomic E-state index is 4.20. The Labute approximate surface area is 89.7 Å². The van der Waals surface area contributed by atoms with Crippen molar-refractivity contribution < 1.29 is 0 Å². The van der Waals surface area contributed by atoms with E-state index in [-0.39, 0.29) is 0 Å². The first-order chi connectivity index (χ1) is 6.93. The molecule has 0 aliphatic rings. The Hall–Kier alpha value is -0.610. The second kappa shape index (κ2) is 7.76. The molecule has 0 atom stereocenters. The van der Waals surface area contributed by atoms with E-state index in [2.05, 4.69) is 22.2 Å². The number of hydrogen-bond donors (Lipinski definition) is 1. The molecule has 1 rings (SSSR count). The fourth-order valence-corrected chi connectivity index (χ4v) is 1.89. The predicted octanol–water partition coefficient (Wildman–Crippen LogP) is 1.96. The van der Waals surface area contributed by atoms with Crippen molar-refractivity contribution in [1.82, 2.24) is 15.3 Å². The van der Waals surface area contributed by atoms with E-state index in [0.29, 0.717) is 0 Å². The molecule has 0 aliphatic heterocycles. The van der Waals surface area contributed by atoms with Gasteiger partial charge in [-0.1, -0.05) is 6.92 Å². The Morgan fingerprint density at radius 1 is 1.36 bits per heavy atom. The number of unbranched alkanes of at least 4 members (excludes halogenated alkanes) is 1. The summed E-state index contributed by atoms with van der Waals surface area (Å²) in [5, 5.41) is 4.33. The van der Waals surface area contributed by atoms with Gasteiger partial charge in [0.1, 0.15) is 5.03 Å². The molecule has 0 aliphatic carbocycles. The van der Waals surface area contributed by atoms with Gasteiger partial charge in [0.05, 0.1) is 6.20 Å². The van der Waals surface area contributed by atoms with Crippen LogP contribution in [0.4, 0.5) is 0 Å². The van der Waals surface area contributed by atoms with Gasteiger partial charge in [-0.3, -0.25) is 4.98 Å². The van der Waals surface area contributed by atoms with E-state index in [1.165, 1.54) is 12.8 Å².